The van der Waals surface area contributed by atoms with Crippen molar-refractivity contribution in [1.82, 2.24) is 19.5 Å². The monoisotopic (exact) mass is 574 g/mol. The minimum Gasteiger partial charge on any atom is -0.309 e. The summed E-state index contributed by atoms with van der Waals surface area (Å²) in [6.45, 7) is 0. The van der Waals surface area contributed by atoms with Gasteiger partial charge in [0.05, 0.1) is 27.9 Å². The summed E-state index contributed by atoms with van der Waals surface area (Å²) in [6, 6.07) is 52.9. The van der Waals surface area contributed by atoms with Gasteiger partial charge in [-0.3, -0.25) is 4.98 Å². The fourth-order valence-electron chi connectivity index (χ4n) is 6.49. The Bertz CT molecular complexity index is 2460. The molecule has 0 bridgehead atoms. The molecule has 0 unspecified atom stereocenters. The smallest absolute Gasteiger partial charge is 0.162 e. The molecule has 0 aliphatic heterocycles. The Morgan fingerprint density at radius 1 is 0.422 bits per heavy atom. The van der Waals surface area contributed by atoms with Crippen LogP contribution in [-0.2, 0) is 0 Å². The van der Waals surface area contributed by atoms with Crippen LogP contribution in [-0.4, -0.2) is 19.5 Å². The van der Waals surface area contributed by atoms with Crippen LogP contribution in [0.25, 0.3) is 83.1 Å². The summed E-state index contributed by atoms with van der Waals surface area (Å²) in [5.74, 6) is 0.665. The Morgan fingerprint density at radius 2 is 1.07 bits per heavy atom. The van der Waals surface area contributed by atoms with Gasteiger partial charge in [-0.05, 0) is 47.9 Å². The number of para-hydroxylation sites is 2. The summed E-state index contributed by atoms with van der Waals surface area (Å²) in [6.07, 6.45) is 1.89. The predicted molar refractivity (Wildman–Crippen MR) is 185 cm³/mol. The van der Waals surface area contributed by atoms with Crippen LogP contribution in [0, 0.1) is 0 Å². The molecule has 0 aliphatic rings. The lowest BCUT2D eigenvalue weighted by atomic mass is 10.0. The maximum atomic E-state index is 5.10. The molecule has 0 saturated carbocycles. The summed E-state index contributed by atoms with van der Waals surface area (Å²) in [5.41, 5.74) is 9.30. The highest BCUT2D eigenvalue weighted by atomic mass is 15.0. The average molecular weight is 575 g/mol. The van der Waals surface area contributed by atoms with E-state index in [1.165, 1.54) is 21.8 Å². The first-order valence-corrected chi connectivity index (χ1v) is 15.1. The summed E-state index contributed by atoms with van der Waals surface area (Å²) < 4.78 is 2.33. The minimum atomic E-state index is 0.665. The topological polar surface area (TPSA) is 43.6 Å². The number of benzene rings is 6. The lowest BCUT2D eigenvalue weighted by Gasteiger charge is -2.12. The van der Waals surface area contributed by atoms with E-state index in [2.05, 4.69) is 138 Å². The van der Waals surface area contributed by atoms with Crippen molar-refractivity contribution in [3.63, 3.8) is 0 Å². The van der Waals surface area contributed by atoms with E-state index in [-0.39, 0.29) is 0 Å². The Hall–Kier alpha value is -6.13. The van der Waals surface area contributed by atoms with Gasteiger partial charge in [0.2, 0.25) is 0 Å². The molecule has 6 aromatic carbocycles. The van der Waals surface area contributed by atoms with Gasteiger partial charge in [0.25, 0.3) is 0 Å². The zero-order chi connectivity index (χ0) is 29.7. The van der Waals surface area contributed by atoms with Crippen molar-refractivity contribution in [2.45, 2.75) is 0 Å². The SMILES string of the molecule is c1ccc(-c2nc(-c3ccc(-c4ccc(-n5c6ccccc6c6ccccc65)cc4)nc3)nc3c2ccc2ccccc23)cc1. The Balaban J connectivity index is 1.11. The highest BCUT2D eigenvalue weighted by Gasteiger charge is 2.15. The lowest BCUT2D eigenvalue weighted by molar-refractivity contribution is 1.18. The van der Waals surface area contributed by atoms with Gasteiger partial charge in [-0.1, -0.05) is 109 Å². The van der Waals surface area contributed by atoms with Crippen molar-refractivity contribution < 1.29 is 0 Å². The van der Waals surface area contributed by atoms with E-state index >= 15 is 0 Å². The van der Waals surface area contributed by atoms with Crippen molar-refractivity contribution >= 4 is 43.5 Å². The van der Waals surface area contributed by atoms with Gasteiger partial charge < -0.3 is 4.57 Å². The van der Waals surface area contributed by atoms with Gasteiger partial charge in [-0.15, -0.1) is 0 Å². The maximum Gasteiger partial charge on any atom is 0.162 e. The largest absolute Gasteiger partial charge is 0.309 e. The van der Waals surface area contributed by atoms with Crippen LogP contribution < -0.4 is 0 Å². The van der Waals surface area contributed by atoms with Gasteiger partial charge in [-0.2, -0.15) is 0 Å². The van der Waals surface area contributed by atoms with Crippen molar-refractivity contribution in [2.24, 2.45) is 0 Å². The molecule has 0 spiro atoms. The number of hydrogen-bond acceptors (Lipinski definition) is 3. The maximum absolute atomic E-state index is 5.10. The molecule has 0 fully saturated rings. The fraction of sp³-hybridized carbons (Fsp3) is 0. The molecule has 0 aliphatic carbocycles. The van der Waals surface area contributed by atoms with Crippen LogP contribution in [0.5, 0.6) is 0 Å². The van der Waals surface area contributed by atoms with Gasteiger partial charge in [0.15, 0.2) is 5.82 Å². The van der Waals surface area contributed by atoms with E-state index < -0.39 is 0 Å². The van der Waals surface area contributed by atoms with E-state index in [1.807, 2.05) is 24.4 Å². The van der Waals surface area contributed by atoms with Crippen LogP contribution in [0.15, 0.2) is 158 Å². The highest BCUT2D eigenvalue weighted by molar-refractivity contribution is 6.10. The number of pyridine rings is 1. The van der Waals surface area contributed by atoms with Crippen LogP contribution in [0.4, 0.5) is 0 Å². The number of rotatable bonds is 4. The Kier molecular flexibility index (Phi) is 5.78. The van der Waals surface area contributed by atoms with Crippen molar-refractivity contribution in [1.29, 1.82) is 0 Å². The van der Waals surface area contributed by atoms with Crippen LogP contribution >= 0.6 is 0 Å². The third-order valence-electron chi connectivity index (χ3n) is 8.66. The van der Waals surface area contributed by atoms with Crippen LogP contribution in [0.2, 0.25) is 0 Å². The first-order valence-electron chi connectivity index (χ1n) is 15.1. The molecular weight excluding hydrogens is 548 g/mol. The summed E-state index contributed by atoms with van der Waals surface area (Å²) in [4.78, 5) is 15.1. The third-order valence-corrected chi connectivity index (χ3v) is 8.66. The third kappa shape index (κ3) is 4.19. The molecule has 0 atom stereocenters. The van der Waals surface area contributed by atoms with Crippen LogP contribution in [0.1, 0.15) is 0 Å². The normalized spacial score (nSPS) is 11.6. The molecule has 4 nitrogen and oxygen atoms in total. The highest BCUT2D eigenvalue weighted by Crippen LogP contribution is 2.35. The van der Waals surface area contributed by atoms with E-state index in [0.29, 0.717) is 5.82 Å². The second-order valence-electron chi connectivity index (χ2n) is 11.3. The van der Waals surface area contributed by atoms with Gasteiger partial charge in [0.1, 0.15) is 0 Å². The Labute approximate surface area is 259 Å². The first kappa shape index (κ1) is 25.4. The molecule has 0 radical (unpaired) electrons. The molecular formula is C41H26N4. The molecule has 0 saturated heterocycles. The van der Waals surface area contributed by atoms with Crippen LogP contribution in [0.3, 0.4) is 0 Å². The second kappa shape index (κ2) is 10.2. The molecule has 9 aromatic rings. The van der Waals surface area contributed by atoms with E-state index in [1.54, 1.807) is 0 Å². The zero-order valence-electron chi connectivity index (χ0n) is 24.3. The standard InChI is InChI=1S/C41H26N4/c1-2-11-29(12-3-1)39-35-24-20-27-10-4-5-13-32(27)40(35)44-41(43-39)30-21-25-36(42-26-30)28-18-22-31(23-19-28)45-37-16-8-6-14-33(37)34-15-7-9-17-38(34)45/h1-26H. The van der Waals surface area contributed by atoms with E-state index in [9.17, 15) is 0 Å². The van der Waals surface area contributed by atoms with E-state index in [0.717, 1.165) is 55.4 Å². The van der Waals surface area contributed by atoms with Gasteiger partial charge in [0, 0.05) is 50.1 Å². The number of fused-ring (bicyclic) bond motifs is 6. The van der Waals surface area contributed by atoms with Gasteiger partial charge >= 0.3 is 0 Å². The van der Waals surface area contributed by atoms with Crippen molar-refractivity contribution in [3.8, 4) is 39.6 Å². The Morgan fingerprint density at radius 3 is 1.78 bits per heavy atom. The second-order valence-corrected chi connectivity index (χ2v) is 11.3. The molecule has 45 heavy (non-hydrogen) atoms. The summed E-state index contributed by atoms with van der Waals surface area (Å²) in [7, 11) is 0. The zero-order valence-corrected chi connectivity index (χ0v) is 24.3. The molecule has 3 heterocycles. The molecule has 3 aromatic heterocycles. The number of hydrogen-bond donors (Lipinski definition) is 0. The number of nitrogens with zero attached hydrogens (tertiary/aromatic N) is 4. The molecule has 9 rings (SSSR count). The average Bonchev–Trinajstić information content (AvgIpc) is 3.46. The van der Waals surface area contributed by atoms with Crippen molar-refractivity contribution in [3.05, 3.63) is 158 Å². The van der Waals surface area contributed by atoms with E-state index in [4.69, 9.17) is 15.0 Å². The first-order chi connectivity index (χ1) is 22.3. The molecule has 210 valence electrons. The quantitative estimate of drug-likeness (QED) is 0.196. The van der Waals surface area contributed by atoms with Gasteiger partial charge in [-0.25, -0.2) is 9.97 Å². The molecule has 0 N–H and O–H groups in total. The summed E-state index contributed by atoms with van der Waals surface area (Å²) in [5, 5.41) is 5.83. The molecule has 0 amide bonds. The lowest BCUT2D eigenvalue weighted by Crippen LogP contribution is -1.97. The number of aromatic nitrogens is 4. The molecule has 4 heteroatoms. The fourth-order valence-corrected chi connectivity index (χ4v) is 6.49. The predicted octanol–water partition coefficient (Wildman–Crippen LogP) is 10.3. The van der Waals surface area contributed by atoms with Crippen molar-refractivity contribution in [2.75, 3.05) is 0 Å². The summed E-state index contributed by atoms with van der Waals surface area (Å²) >= 11 is 0. The minimum absolute atomic E-state index is 0.665.